The minimum absolute atomic E-state index is 0.314. The van der Waals surface area contributed by atoms with E-state index in [0.717, 1.165) is 31.1 Å². The number of piperazine rings is 1. The highest BCUT2D eigenvalue weighted by atomic mass is 15.3. The van der Waals surface area contributed by atoms with Gasteiger partial charge in [0.25, 0.3) is 0 Å². The van der Waals surface area contributed by atoms with Gasteiger partial charge in [0, 0.05) is 31.7 Å². The van der Waals surface area contributed by atoms with Crippen LogP contribution in [0.25, 0.3) is 0 Å². The summed E-state index contributed by atoms with van der Waals surface area (Å²) in [4.78, 5) is 11.1. The van der Waals surface area contributed by atoms with Crippen LogP contribution < -0.4 is 16.0 Å². The molecular weight excluding hydrogens is 274 g/mol. The largest absolute Gasteiger partial charge is 0.368 e. The molecule has 1 atom stereocenters. The molecule has 1 aromatic carbocycles. The van der Waals surface area contributed by atoms with Crippen LogP contribution in [0.4, 0.5) is 11.8 Å². The number of nitrogens with one attached hydrogen (secondary N) is 1. The third kappa shape index (κ3) is 3.20. The molecule has 5 heteroatoms. The number of rotatable bonds is 3. The van der Waals surface area contributed by atoms with E-state index in [4.69, 9.17) is 5.73 Å². The van der Waals surface area contributed by atoms with Crippen molar-refractivity contribution in [3.05, 3.63) is 47.7 Å². The summed E-state index contributed by atoms with van der Waals surface area (Å²) in [5.41, 5.74) is 8.19. The fourth-order valence-corrected chi connectivity index (χ4v) is 2.80. The summed E-state index contributed by atoms with van der Waals surface area (Å²) in [7, 11) is 0. The van der Waals surface area contributed by atoms with E-state index in [1.807, 2.05) is 6.07 Å². The lowest BCUT2D eigenvalue weighted by Gasteiger charge is -2.35. The van der Waals surface area contributed by atoms with Crippen molar-refractivity contribution in [2.45, 2.75) is 25.8 Å². The van der Waals surface area contributed by atoms with E-state index in [2.05, 4.69) is 64.4 Å². The lowest BCUT2D eigenvalue weighted by Crippen LogP contribution is -2.46. The van der Waals surface area contributed by atoms with Crippen molar-refractivity contribution in [1.29, 1.82) is 0 Å². The molecule has 116 valence electrons. The summed E-state index contributed by atoms with van der Waals surface area (Å²) in [5, 5.41) is 3.57. The van der Waals surface area contributed by atoms with Crippen LogP contribution in [0, 0.1) is 0 Å². The van der Waals surface area contributed by atoms with E-state index in [9.17, 15) is 0 Å². The van der Waals surface area contributed by atoms with Crippen LogP contribution in [0.1, 0.15) is 37.1 Å². The van der Waals surface area contributed by atoms with Gasteiger partial charge in [-0.05, 0) is 11.5 Å². The number of nitrogens with zero attached hydrogens (tertiary/aromatic N) is 3. The van der Waals surface area contributed by atoms with Gasteiger partial charge in [-0.3, -0.25) is 0 Å². The molecule has 3 rings (SSSR count). The second-order valence-electron chi connectivity index (χ2n) is 6.03. The molecule has 0 aliphatic carbocycles. The predicted octanol–water partition coefficient (Wildman–Crippen LogP) is 2.33. The molecule has 1 fully saturated rings. The zero-order chi connectivity index (χ0) is 15.5. The minimum Gasteiger partial charge on any atom is -0.368 e. The first-order chi connectivity index (χ1) is 10.6. The van der Waals surface area contributed by atoms with Crippen LogP contribution in [0.5, 0.6) is 0 Å². The third-order valence-electron chi connectivity index (χ3n) is 4.04. The monoisotopic (exact) mass is 297 g/mol. The Balaban J connectivity index is 1.83. The van der Waals surface area contributed by atoms with E-state index < -0.39 is 0 Å². The number of nitrogens with two attached hydrogens (primary N) is 1. The van der Waals surface area contributed by atoms with Crippen molar-refractivity contribution in [3.63, 3.8) is 0 Å². The predicted molar refractivity (Wildman–Crippen MR) is 89.9 cm³/mol. The Morgan fingerprint density at radius 3 is 2.73 bits per heavy atom. The number of nitrogen functional groups attached to an aromatic ring is 1. The zero-order valence-corrected chi connectivity index (χ0v) is 13.2. The van der Waals surface area contributed by atoms with Gasteiger partial charge in [-0.1, -0.05) is 44.2 Å². The smallest absolute Gasteiger partial charge is 0.222 e. The van der Waals surface area contributed by atoms with Crippen LogP contribution in [-0.2, 0) is 0 Å². The molecule has 22 heavy (non-hydrogen) atoms. The summed E-state index contributed by atoms with van der Waals surface area (Å²) in [6.45, 7) is 6.99. The molecule has 0 radical (unpaired) electrons. The highest BCUT2D eigenvalue weighted by Crippen LogP contribution is 2.24. The molecule has 2 aromatic rings. The normalized spacial score (nSPS) is 18.7. The fourth-order valence-electron chi connectivity index (χ4n) is 2.80. The van der Waals surface area contributed by atoms with Crippen LogP contribution in [-0.4, -0.2) is 29.6 Å². The summed E-state index contributed by atoms with van der Waals surface area (Å²) in [6.07, 6.45) is 0. The maximum absolute atomic E-state index is 5.89. The van der Waals surface area contributed by atoms with Gasteiger partial charge < -0.3 is 16.0 Å². The van der Waals surface area contributed by atoms with E-state index >= 15 is 0 Å². The third-order valence-corrected chi connectivity index (χ3v) is 4.04. The van der Waals surface area contributed by atoms with Gasteiger partial charge in [0.15, 0.2) is 0 Å². The van der Waals surface area contributed by atoms with Crippen LogP contribution in [0.3, 0.4) is 0 Å². The number of hydrogen-bond donors (Lipinski definition) is 2. The first kappa shape index (κ1) is 14.8. The Morgan fingerprint density at radius 2 is 2.00 bits per heavy atom. The van der Waals surface area contributed by atoms with E-state index in [1.54, 1.807) is 0 Å². The minimum atomic E-state index is 0.314. The Hall–Kier alpha value is -2.14. The first-order valence-corrected chi connectivity index (χ1v) is 7.81. The Labute approximate surface area is 131 Å². The summed E-state index contributed by atoms with van der Waals surface area (Å²) in [5.74, 6) is 1.63. The molecule has 1 saturated heterocycles. The molecule has 0 saturated carbocycles. The molecular formula is C17H23N5. The van der Waals surface area contributed by atoms with Gasteiger partial charge in [0.1, 0.15) is 5.82 Å². The SMILES string of the molecule is CC(C)c1cc(N2CCNC(c3ccccc3)C2)nc(N)n1. The van der Waals surface area contributed by atoms with Crippen molar-refractivity contribution in [2.75, 3.05) is 30.3 Å². The van der Waals surface area contributed by atoms with Gasteiger partial charge in [-0.25, -0.2) is 4.98 Å². The molecule has 5 nitrogen and oxygen atoms in total. The molecule has 0 bridgehead atoms. The summed E-state index contributed by atoms with van der Waals surface area (Å²) in [6, 6.07) is 12.9. The van der Waals surface area contributed by atoms with Crippen molar-refractivity contribution in [1.82, 2.24) is 15.3 Å². The highest BCUT2D eigenvalue weighted by molar-refractivity contribution is 5.45. The van der Waals surface area contributed by atoms with Crippen LogP contribution in [0.2, 0.25) is 0 Å². The molecule has 1 aliphatic heterocycles. The van der Waals surface area contributed by atoms with Gasteiger partial charge in [-0.2, -0.15) is 4.98 Å². The molecule has 1 unspecified atom stereocenters. The van der Waals surface area contributed by atoms with Crippen molar-refractivity contribution >= 4 is 11.8 Å². The highest BCUT2D eigenvalue weighted by Gasteiger charge is 2.22. The van der Waals surface area contributed by atoms with Crippen molar-refractivity contribution in [3.8, 4) is 0 Å². The summed E-state index contributed by atoms with van der Waals surface area (Å²) < 4.78 is 0. The Morgan fingerprint density at radius 1 is 1.23 bits per heavy atom. The van der Waals surface area contributed by atoms with E-state index in [0.29, 0.717) is 17.9 Å². The van der Waals surface area contributed by atoms with Gasteiger partial charge in [0.2, 0.25) is 5.95 Å². The quantitative estimate of drug-likeness (QED) is 0.910. The number of benzene rings is 1. The molecule has 1 aromatic heterocycles. The van der Waals surface area contributed by atoms with Crippen LogP contribution in [0.15, 0.2) is 36.4 Å². The molecule has 1 aliphatic rings. The second-order valence-corrected chi connectivity index (χ2v) is 6.03. The summed E-state index contributed by atoms with van der Waals surface area (Å²) >= 11 is 0. The molecule has 2 heterocycles. The molecule has 3 N–H and O–H groups in total. The fraction of sp³-hybridized carbons (Fsp3) is 0.412. The Kier molecular flexibility index (Phi) is 4.24. The van der Waals surface area contributed by atoms with Gasteiger partial charge in [0.05, 0.1) is 5.69 Å². The lowest BCUT2D eigenvalue weighted by molar-refractivity contribution is 0.469. The van der Waals surface area contributed by atoms with Crippen molar-refractivity contribution in [2.24, 2.45) is 0 Å². The molecule has 0 amide bonds. The average molecular weight is 297 g/mol. The zero-order valence-electron chi connectivity index (χ0n) is 13.2. The maximum atomic E-state index is 5.89. The topological polar surface area (TPSA) is 67.1 Å². The van der Waals surface area contributed by atoms with Gasteiger partial charge in [-0.15, -0.1) is 0 Å². The number of aromatic nitrogens is 2. The second kappa shape index (κ2) is 6.32. The maximum Gasteiger partial charge on any atom is 0.222 e. The Bertz CT molecular complexity index is 626. The average Bonchev–Trinajstić information content (AvgIpc) is 2.55. The van der Waals surface area contributed by atoms with Crippen LogP contribution >= 0.6 is 0 Å². The number of anilines is 2. The van der Waals surface area contributed by atoms with E-state index in [1.165, 1.54) is 5.56 Å². The lowest BCUT2D eigenvalue weighted by atomic mass is 10.0. The van der Waals surface area contributed by atoms with E-state index in [-0.39, 0.29) is 0 Å². The standard InChI is InChI=1S/C17H23N5/c1-12(2)14-10-16(21-17(18)20-14)22-9-8-19-15(11-22)13-6-4-3-5-7-13/h3-7,10,12,15,19H,8-9,11H2,1-2H3,(H2,18,20,21). The number of hydrogen-bond acceptors (Lipinski definition) is 5. The van der Waals surface area contributed by atoms with Gasteiger partial charge >= 0.3 is 0 Å². The van der Waals surface area contributed by atoms with Crippen molar-refractivity contribution < 1.29 is 0 Å². The molecule has 0 spiro atoms. The first-order valence-electron chi connectivity index (χ1n) is 7.81.